The molecule has 414 valence electrons. The van der Waals surface area contributed by atoms with Crippen LogP contribution in [0.2, 0.25) is 0 Å². The highest BCUT2D eigenvalue weighted by Crippen LogP contribution is 2.57. The Hall–Kier alpha value is -8.77. The highest BCUT2D eigenvalue weighted by molar-refractivity contribution is 5.97. The molecule has 0 saturated heterocycles. The third kappa shape index (κ3) is 14.3. The smallest absolute Gasteiger partial charge is 0.340 e. The lowest BCUT2D eigenvalue weighted by molar-refractivity contribution is -0.202. The van der Waals surface area contributed by atoms with Crippen molar-refractivity contribution in [1.82, 2.24) is 0 Å². The molecular formula is C52H58N2O23. The number of benzene rings is 3. The summed E-state index contributed by atoms with van der Waals surface area (Å²) in [5, 5.41) is 0. The third-order valence-electron chi connectivity index (χ3n) is 11.5. The van der Waals surface area contributed by atoms with Gasteiger partial charge in [-0.2, -0.15) is 0 Å². The van der Waals surface area contributed by atoms with Gasteiger partial charge in [-0.05, 0) is 30.3 Å². The number of anilines is 2. The first-order valence-electron chi connectivity index (χ1n) is 23.5. The van der Waals surface area contributed by atoms with Crippen LogP contribution in [0.1, 0.15) is 96.3 Å². The third-order valence-corrected chi connectivity index (χ3v) is 11.5. The van der Waals surface area contributed by atoms with E-state index >= 15 is 0 Å². The van der Waals surface area contributed by atoms with Crippen LogP contribution >= 0.6 is 0 Å². The van der Waals surface area contributed by atoms with E-state index in [4.69, 9.17) is 56.8 Å². The van der Waals surface area contributed by atoms with Crippen molar-refractivity contribution >= 4 is 77.0 Å². The first-order chi connectivity index (χ1) is 36.1. The van der Waals surface area contributed by atoms with Gasteiger partial charge in [-0.3, -0.25) is 47.9 Å². The Balaban J connectivity index is 1.72. The van der Waals surface area contributed by atoms with Crippen molar-refractivity contribution in [2.45, 2.75) is 124 Å². The van der Waals surface area contributed by atoms with Gasteiger partial charge >= 0.3 is 65.7 Å². The predicted molar refractivity (Wildman–Crippen MR) is 259 cm³/mol. The largest absolute Gasteiger partial charge is 0.462 e. The van der Waals surface area contributed by atoms with E-state index < -0.39 is 134 Å². The van der Waals surface area contributed by atoms with Gasteiger partial charge in [0.15, 0.2) is 42.2 Å². The van der Waals surface area contributed by atoms with Crippen LogP contribution in [0.4, 0.5) is 11.4 Å². The van der Waals surface area contributed by atoms with Gasteiger partial charge in [0, 0.05) is 124 Å². The topological polar surface area (TPSA) is 305 Å². The fraction of sp³-hybridized carbons (Fsp3) is 0.442. The average Bonchev–Trinajstić information content (AvgIpc) is 3.62. The van der Waals surface area contributed by atoms with E-state index in [9.17, 15) is 52.7 Å². The number of carbonyl (C=O) groups excluding carboxylic acids is 11. The Labute approximate surface area is 441 Å². The maximum absolute atomic E-state index is 13.9. The molecule has 5 rings (SSSR count). The molecule has 8 atom stereocenters. The van der Waals surface area contributed by atoms with Gasteiger partial charge in [-0.15, -0.1) is 0 Å². The first kappa shape index (κ1) is 59.1. The average molecular weight is 1080 g/mol. The Morgan fingerprint density at radius 3 is 1.14 bits per heavy atom. The Morgan fingerprint density at radius 2 is 0.792 bits per heavy atom. The Morgan fingerprint density at radius 1 is 0.442 bits per heavy atom. The van der Waals surface area contributed by atoms with Crippen molar-refractivity contribution in [2.75, 3.05) is 37.1 Å². The molecule has 0 radical (unpaired) electrons. The molecule has 25 nitrogen and oxygen atoms in total. The molecule has 0 amide bonds. The molecule has 0 N–H and O–H groups in total. The minimum absolute atomic E-state index is 0.0138. The maximum atomic E-state index is 13.9. The number of nitrogens with zero attached hydrogens (tertiary/aromatic N) is 2. The zero-order valence-corrected chi connectivity index (χ0v) is 44.1. The monoisotopic (exact) mass is 1080 g/mol. The van der Waals surface area contributed by atoms with Crippen molar-refractivity contribution in [1.29, 1.82) is 0 Å². The zero-order valence-electron chi connectivity index (χ0n) is 44.1. The lowest BCUT2D eigenvalue weighted by Gasteiger charge is -2.41. The van der Waals surface area contributed by atoms with Crippen molar-refractivity contribution in [3.05, 3.63) is 82.9 Å². The van der Waals surface area contributed by atoms with Crippen molar-refractivity contribution in [3.8, 4) is 11.5 Å². The van der Waals surface area contributed by atoms with E-state index in [0.29, 0.717) is 5.56 Å². The normalized spacial score (nSPS) is 16.8. The second-order valence-corrected chi connectivity index (χ2v) is 17.5. The number of hydrogen-bond acceptors (Lipinski definition) is 25. The van der Waals surface area contributed by atoms with Crippen molar-refractivity contribution in [3.63, 3.8) is 0 Å². The van der Waals surface area contributed by atoms with Gasteiger partial charge in [-0.1, -0.05) is 18.2 Å². The summed E-state index contributed by atoms with van der Waals surface area (Å²) in [4.78, 5) is 142. The molecule has 2 aliphatic rings. The maximum Gasteiger partial charge on any atom is 0.340 e. The minimum atomic E-state index is -1.82. The standard InChI is InChI=1S/C52H58N2O23/c1-25(55)66-23-43(68-27(3)57)45(70-29(5)59)47(72-31(7)61)49(74-33(9)63)53(11)35-17-19-39-41(21-35)76-42-22-36(18-20-40(42)52(39)38-16-14-13-15-37(38)51(65)77-52)54(12)50(75-34(10)64)48(73-32(8)62)46(71-30(6)60)44(69-28(4)58)24-67-26(2)56/h13-22,43-50H,23-24H2,1-12H3. The molecule has 3 aromatic rings. The molecule has 0 saturated carbocycles. The molecular weight excluding hydrogens is 1020 g/mol. The highest BCUT2D eigenvalue weighted by atomic mass is 16.7. The number of ether oxygens (including phenoxy) is 12. The molecule has 0 fully saturated rings. The van der Waals surface area contributed by atoms with Crippen LogP contribution in [0.15, 0.2) is 60.7 Å². The second-order valence-electron chi connectivity index (χ2n) is 17.5. The van der Waals surface area contributed by atoms with E-state index in [0.717, 1.165) is 69.2 Å². The Kier molecular flexibility index (Phi) is 19.3. The van der Waals surface area contributed by atoms with Gasteiger partial charge in [0.25, 0.3) is 0 Å². The Bertz CT molecular complexity index is 2660. The van der Waals surface area contributed by atoms with Crippen molar-refractivity contribution in [2.24, 2.45) is 0 Å². The summed E-state index contributed by atoms with van der Waals surface area (Å²) in [7, 11) is 2.81. The van der Waals surface area contributed by atoms with Crippen LogP contribution in [0.25, 0.3) is 0 Å². The van der Waals surface area contributed by atoms with Gasteiger partial charge in [0.2, 0.25) is 12.5 Å². The molecule has 0 aliphatic carbocycles. The molecule has 77 heavy (non-hydrogen) atoms. The molecule has 25 heteroatoms. The molecule has 0 bridgehead atoms. The number of rotatable bonds is 22. The fourth-order valence-corrected chi connectivity index (χ4v) is 8.73. The highest BCUT2D eigenvalue weighted by Gasteiger charge is 2.54. The van der Waals surface area contributed by atoms with Gasteiger partial charge in [0.05, 0.1) is 5.56 Å². The van der Waals surface area contributed by atoms with E-state index in [-0.39, 0.29) is 39.6 Å². The van der Waals surface area contributed by atoms with Crippen LogP contribution in [-0.4, -0.2) is 142 Å². The summed E-state index contributed by atoms with van der Waals surface area (Å²) < 4.78 is 68.2. The number of hydrogen-bond donors (Lipinski definition) is 0. The summed E-state index contributed by atoms with van der Waals surface area (Å²) >= 11 is 0. The SMILES string of the molecule is CC(=O)OCC(OC(C)=O)C(OC(C)=O)C(OC(C)=O)C(OC(C)=O)N(C)c1ccc2c(c1)Oc1cc(N(C)C(OC(C)=O)C(OC(C)=O)C(OC(C)=O)C(COC(C)=O)OC(C)=O)ccc1C21OC(=O)c2ccccc21. The zero-order chi connectivity index (χ0) is 57.2. The van der Waals surface area contributed by atoms with Crippen LogP contribution < -0.4 is 14.5 Å². The van der Waals surface area contributed by atoms with Crippen LogP contribution in [-0.2, 0) is 106 Å². The number of fused-ring (bicyclic) bond motifs is 6. The minimum Gasteiger partial charge on any atom is -0.462 e. The number of carbonyl (C=O) groups is 11. The fourth-order valence-electron chi connectivity index (χ4n) is 8.73. The summed E-state index contributed by atoms with van der Waals surface area (Å²) in [5.41, 5.74) is -0.302. The first-order valence-corrected chi connectivity index (χ1v) is 23.5. The number of likely N-dealkylation sites (N-methyl/N-ethyl adjacent to an activating group) is 2. The quantitative estimate of drug-likeness (QED) is 0.0788. The summed E-state index contributed by atoms with van der Waals surface area (Å²) in [5.74, 6) is -9.84. The molecule has 3 aromatic carbocycles. The lowest BCUT2D eigenvalue weighted by Crippen LogP contribution is -2.57. The van der Waals surface area contributed by atoms with Gasteiger partial charge in [-0.25, -0.2) is 4.79 Å². The predicted octanol–water partition coefficient (Wildman–Crippen LogP) is 3.62. The van der Waals surface area contributed by atoms with E-state index in [2.05, 4.69) is 0 Å². The van der Waals surface area contributed by atoms with E-state index in [1.54, 1.807) is 36.4 Å². The molecule has 0 aromatic heterocycles. The van der Waals surface area contributed by atoms with Crippen molar-refractivity contribution < 1.29 is 110 Å². The van der Waals surface area contributed by atoms with Crippen LogP contribution in [0.5, 0.6) is 11.5 Å². The molecule has 2 aliphatic heterocycles. The van der Waals surface area contributed by atoms with Gasteiger partial charge < -0.3 is 66.6 Å². The number of esters is 11. The molecule has 2 heterocycles. The summed E-state index contributed by atoms with van der Waals surface area (Å²) in [6.45, 7) is 8.93. The summed E-state index contributed by atoms with van der Waals surface area (Å²) in [6.07, 6.45) is -13.9. The van der Waals surface area contributed by atoms with E-state index in [1.165, 1.54) is 48.2 Å². The summed E-state index contributed by atoms with van der Waals surface area (Å²) in [6, 6.07) is 15.7. The molecule has 8 unspecified atom stereocenters. The second kappa shape index (κ2) is 25.2. The van der Waals surface area contributed by atoms with Crippen LogP contribution in [0.3, 0.4) is 0 Å². The molecule has 1 spiro atoms. The van der Waals surface area contributed by atoms with Crippen LogP contribution in [0, 0.1) is 0 Å². The van der Waals surface area contributed by atoms with E-state index in [1.807, 2.05) is 0 Å². The lowest BCUT2D eigenvalue weighted by atomic mass is 9.77. The van der Waals surface area contributed by atoms with Gasteiger partial charge in [0.1, 0.15) is 24.7 Å².